The predicted molar refractivity (Wildman–Crippen MR) is 77.2 cm³/mol. The van der Waals surface area contributed by atoms with Crippen molar-refractivity contribution in [3.8, 4) is 0 Å². The number of hydrogen-bond acceptors (Lipinski definition) is 2. The molecule has 0 radical (unpaired) electrons. The average molecular weight is 323 g/mol. The van der Waals surface area contributed by atoms with Crippen molar-refractivity contribution in [1.82, 2.24) is 0 Å². The summed E-state index contributed by atoms with van der Waals surface area (Å²) in [6.45, 7) is 0. The molecular weight excluding hydrogens is 311 g/mol. The number of anilines is 1. The van der Waals surface area contributed by atoms with Crippen LogP contribution in [0.3, 0.4) is 0 Å². The molecule has 7 heteroatoms. The van der Waals surface area contributed by atoms with E-state index in [1.54, 1.807) is 6.07 Å². The normalized spacial score (nSPS) is 11.1. The minimum absolute atomic E-state index is 0.00219. The lowest BCUT2D eigenvalue weighted by Gasteiger charge is -2.10. The molecule has 0 heterocycles. The van der Waals surface area contributed by atoms with Crippen LogP contribution in [0.2, 0.25) is 0 Å². The summed E-state index contributed by atoms with van der Waals surface area (Å²) in [5.41, 5.74) is -0.616. The van der Waals surface area contributed by atoms with Gasteiger partial charge in [-0.2, -0.15) is 13.2 Å². The van der Waals surface area contributed by atoms with Gasteiger partial charge in [0.05, 0.1) is 17.5 Å². The Kier molecular flexibility index (Phi) is 4.68. The maximum atomic E-state index is 12.6. The Labute approximate surface area is 129 Å². The standard InChI is InChI=1S/C16H12F3NO3/c17-16(18,19)11-5-3-6-12(9-11)20-14(21)8-10-4-1-2-7-13(10)15(22)23/h1-7,9H,8H2,(H,20,21)(H,22,23). The first-order valence-corrected chi connectivity index (χ1v) is 6.55. The number of amides is 1. The highest BCUT2D eigenvalue weighted by Gasteiger charge is 2.30. The van der Waals surface area contributed by atoms with Gasteiger partial charge in [-0.05, 0) is 29.8 Å². The van der Waals surface area contributed by atoms with E-state index in [0.717, 1.165) is 12.1 Å². The van der Waals surface area contributed by atoms with E-state index in [0.29, 0.717) is 0 Å². The van der Waals surface area contributed by atoms with Crippen LogP contribution in [0.4, 0.5) is 18.9 Å². The Morgan fingerprint density at radius 3 is 2.39 bits per heavy atom. The van der Waals surface area contributed by atoms with E-state index < -0.39 is 23.6 Å². The molecule has 1 amide bonds. The molecule has 0 spiro atoms. The molecule has 0 aliphatic rings. The molecule has 0 saturated heterocycles. The molecule has 0 bridgehead atoms. The zero-order valence-electron chi connectivity index (χ0n) is 11.7. The first-order valence-electron chi connectivity index (χ1n) is 6.55. The van der Waals surface area contributed by atoms with Crippen molar-refractivity contribution in [1.29, 1.82) is 0 Å². The molecule has 0 fully saturated rings. The number of rotatable bonds is 4. The SMILES string of the molecule is O=C(Cc1ccccc1C(=O)O)Nc1cccc(C(F)(F)F)c1. The predicted octanol–water partition coefficient (Wildman–Crippen LogP) is 3.58. The van der Waals surface area contributed by atoms with Crippen molar-refractivity contribution in [2.45, 2.75) is 12.6 Å². The molecule has 120 valence electrons. The molecule has 0 aliphatic carbocycles. The fourth-order valence-electron chi connectivity index (χ4n) is 2.03. The maximum absolute atomic E-state index is 12.6. The third kappa shape index (κ3) is 4.32. The minimum Gasteiger partial charge on any atom is -0.478 e. The van der Waals surface area contributed by atoms with Crippen LogP contribution in [0.1, 0.15) is 21.5 Å². The first kappa shape index (κ1) is 16.5. The molecule has 0 aromatic heterocycles. The molecular formula is C16H12F3NO3. The monoisotopic (exact) mass is 323 g/mol. The highest BCUT2D eigenvalue weighted by Crippen LogP contribution is 2.30. The van der Waals surface area contributed by atoms with Crippen molar-refractivity contribution in [2.24, 2.45) is 0 Å². The van der Waals surface area contributed by atoms with Gasteiger partial charge >= 0.3 is 12.1 Å². The molecule has 2 aromatic rings. The van der Waals surface area contributed by atoms with Gasteiger partial charge in [-0.1, -0.05) is 24.3 Å². The summed E-state index contributed by atoms with van der Waals surface area (Å²) in [5.74, 6) is -1.77. The lowest BCUT2D eigenvalue weighted by atomic mass is 10.0. The number of carbonyl (C=O) groups excluding carboxylic acids is 1. The van der Waals surface area contributed by atoms with E-state index in [-0.39, 0.29) is 23.2 Å². The minimum atomic E-state index is -4.50. The molecule has 2 aromatic carbocycles. The lowest BCUT2D eigenvalue weighted by molar-refractivity contribution is -0.137. The molecule has 23 heavy (non-hydrogen) atoms. The third-order valence-electron chi connectivity index (χ3n) is 3.07. The summed E-state index contributed by atoms with van der Waals surface area (Å²) in [6, 6.07) is 10.2. The molecule has 0 saturated carbocycles. The second-order valence-corrected chi connectivity index (χ2v) is 4.77. The fourth-order valence-corrected chi connectivity index (χ4v) is 2.03. The lowest BCUT2D eigenvalue weighted by Crippen LogP contribution is -2.17. The van der Waals surface area contributed by atoms with Gasteiger partial charge in [-0.15, -0.1) is 0 Å². The number of nitrogens with one attached hydrogen (secondary N) is 1. The number of hydrogen-bond donors (Lipinski definition) is 2. The molecule has 0 unspecified atom stereocenters. The topological polar surface area (TPSA) is 66.4 Å². The number of carboxylic acid groups (broad SMARTS) is 1. The fraction of sp³-hybridized carbons (Fsp3) is 0.125. The summed E-state index contributed by atoms with van der Waals surface area (Å²) in [7, 11) is 0. The Bertz CT molecular complexity index is 741. The summed E-state index contributed by atoms with van der Waals surface area (Å²) in [6.07, 6.45) is -4.75. The number of carbonyl (C=O) groups is 2. The number of aromatic carboxylic acids is 1. The zero-order valence-corrected chi connectivity index (χ0v) is 11.7. The van der Waals surface area contributed by atoms with Crippen molar-refractivity contribution < 1.29 is 27.9 Å². The quantitative estimate of drug-likeness (QED) is 0.904. The molecule has 4 nitrogen and oxygen atoms in total. The summed E-state index contributed by atoms with van der Waals surface area (Å²) < 4.78 is 37.8. The number of carboxylic acids is 1. The molecule has 2 N–H and O–H groups in total. The van der Waals surface area contributed by atoms with Gasteiger partial charge in [0.2, 0.25) is 5.91 Å². The van der Waals surface area contributed by atoms with Crippen LogP contribution < -0.4 is 5.32 Å². The smallest absolute Gasteiger partial charge is 0.416 e. The van der Waals surface area contributed by atoms with E-state index in [1.807, 2.05) is 0 Å². The van der Waals surface area contributed by atoms with E-state index in [9.17, 15) is 22.8 Å². The summed E-state index contributed by atoms with van der Waals surface area (Å²) in [4.78, 5) is 23.0. The van der Waals surface area contributed by atoms with E-state index >= 15 is 0 Å². The van der Waals surface area contributed by atoms with Crippen LogP contribution in [-0.2, 0) is 17.4 Å². The Morgan fingerprint density at radius 1 is 1.04 bits per heavy atom. The highest BCUT2D eigenvalue weighted by atomic mass is 19.4. The third-order valence-corrected chi connectivity index (χ3v) is 3.07. The van der Waals surface area contributed by atoms with Crippen LogP contribution in [0.25, 0.3) is 0 Å². The van der Waals surface area contributed by atoms with Gasteiger partial charge in [0, 0.05) is 5.69 Å². The second-order valence-electron chi connectivity index (χ2n) is 4.77. The van der Waals surface area contributed by atoms with Crippen LogP contribution in [0, 0.1) is 0 Å². The Balaban J connectivity index is 2.13. The average Bonchev–Trinajstić information content (AvgIpc) is 2.46. The van der Waals surface area contributed by atoms with Gasteiger partial charge < -0.3 is 10.4 Å². The number of benzene rings is 2. The van der Waals surface area contributed by atoms with E-state index in [1.165, 1.54) is 30.3 Å². The van der Waals surface area contributed by atoms with Crippen molar-refractivity contribution >= 4 is 17.6 Å². The largest absolute Gasteiger partial charge is 0.478 e. The highest BCUT2D eigenvalue weighted by molar-refractivity contribution is 5.96. The van der Waals surface area contributed by atoms with E-state index in [4.69, 9.17) is 5.11 Å². The van der Waals surface area contributed by atoms with Gasteiger partial charge in [0.15, 0.2) is 0 Å². The number of alkyl halides is 3. The molecule has 0 aliphatic heterocycles. The van der Waals surface area contributed by atoms with Crippen LogP contribution in [-0.4, -0.2) is 17.0 Å². The van der Waals surface area contributed by atoms with Crippen molar-refractivity contribution in [3.63, 3.8) is 0 Å². The Morgan fingerprint density at radius 2 is 1.74 bits per heavy atom. The zero-order chi connectivity index (χ0) is 17.0. The summed E-state index contributed by atoms with van der Waals surface area (Å²) in [5, 5.41) is 11.4. The number of halogens is 3. The maximum Gasteiger partial charge on any atom is 0.416 e. The van der Waals surface area contributed by atoms with Crippen molar-refractivity contribution in [3.05, 3.63) is 65.2 Å². The van der Waals surface area contributed by atoms with Gasteiger partial charge in [-0.25, -0.2) is 4.79 Å². The molecule has 0 atom stereocenters. The van der Waals surface area contributed by atoms with E-state index in [2.05, 4.69) is 5.32 Å². The van der Waals surface area contributed by atoms with Crippen LogP contribution >= 0.6 is 0 Å². The second kappa shape index (κ2) is 6.51. The van der Waals surface area contributed by atoms with Crippen LogP contribution in [0.5, 0.6) is 0 Å². The van der Waals surface area contributed by atoms with Gasteiger partial charge in [-0.3, -0.25) is 4.79 Å². The molecule has 2 rings (SSSR count). The van der Waals surface area contributed by atoms with Crippen molar-refractivity contribution in [2.75, 3.05) is 5.32 Å². The Hall–Kier alpha value is -2.83. The first-order chi connectivity index (χ1) is 10.8. The van der Waals surface area contributed by atoms with Gasteiger partial charge in [0.1, 0.15) is 0 Å². The van der Waals surface area contributed by atoms with Crippen LogP contribution in [0.15, 0.2) is 48.5 Å². The summed E-state index contributed by atoms with van der Waals surface area (Å²) >= 11 is 0. The van der Waals surface area contributed by atoms with Gasteiger partial charge in [0.25, 0.3) is 0 Å².